The highest BCUT2D eigenvalue weighted by Crippen LogP contribution is 2.16. The number of ether oxygens (including phenoxy) is 2. The van der Waals surface area contributed by atoms with Crippen LogP contribution in [0.1, 0.15) is 258 Å². The van der Waals surface area contributed by atoms with Crippen molar-refractivity contribution in [2.45, 2.75) is 264 Å². The predicted molar refractivity (Wildman–Crippen MR) is 224 cm³/mol. The van der Waals surface area contributed by atoms with E-state index in [1.54, 1.807) is 0 Å². The van der Waals surface area contributed by atoms with Crippen LogP contribution in [-0.2, 0) is 19.1 Å². The highest BCUT2D eigenvalue weighted by atomic mass is 16.6. The lowest BCUT2D eigenvalue weighted by Crippen LogP contribution is -2.28. The van der Waals surface area contributed by atoms with Crippen LogP contribution >= 0.6 is 0 Å². The van der Waals surface area contributed by atoms with Gasteiger partial charge in [-0.1, -0.05) is 219 Å². The highest BCUT2D eigenvalue weighted by Gasteiger charge is 2.16. The number of carbonyl (C=O) groups is 2. The molecule has 0 aromatic heterocycles. The summed E-state index contributed by atoms with van der Waals surface area (Å²) in [4.78, 5) is 24.4. The van der Waals surface area contributed by atoms with Crippen LogP contribution in [0.25, 0.3) is 0 Å². The molecule has 0 aromatic rings. The van der Waals surface area contributed by atoms with E-state index in [4.69, 9.17) is 9.47 Å². The molecule has 52 heavy (non-hydrogen) atoms. The molecule has 0 radical (unpaired) electrons. The van der Waals surface area contributed by atoms with Crippen LogP contribution in [0.3, 0.4) is 0 Å². The van der Waals surface area contributed by atoms with E-state index in [9.17, 15) is 14.7 Å². The Bertz CT molecular complexity index is 750. The molecule has 0 saturated carbocycles. The second-order valence-electron chi connectivity index (χ2n) is 15.8. The van der Waals surface area contributed by atoms with Crippen molar-refractivity contribution in [2.75, 3.05) is 13.2 Å². The Hall–Kier alpha value is -1.36. The van der Waals surface area contributed by atoms with Gasteiger partial charge >= 0.3 is 11.9 Å². The molecule has 0 aliphatic carbocycles. The maximum Gasteiger partial charge on any atom is 0.306 e. The molecule has 1 unspecified atom stereocenters. The lowest BCUT2D eigenvalue weighted by molar-refractivity contribution is -0.161. The van der Waals surface area contributed by atoms with Crippen molar-refractivity contribution in [2.24, 2.45) is 0 Å². The number of hydrogen-bond acceptors (Lipinski definition) is 5. The van der Waals surface area contributed by atoms with Crippen molar-refractivity contribution in [1.29, 1.82) is 0 Å². The van der Waals surface area contributed by atoms with Crippen LogP contribution in [0.5, 0.6) is 0 Å². The van der Waals surface area contributed by atoms with Gasteiger partial charge in [-0.15, -0.1) is 0 Å². The number of hydrogen-bond donors (Lipinski definition) is 1. The second kappa shape index (κ2) is 44.0. The van der Waals surface area contributed by atoms with Crippen molar-refractivity contribution < 1.29 is 24.2 Å². The SMILES string of the molecule is CCCCCCCCC=CCCCCCCCCCCCC(=O)OC(CO)COC(=O)CCCCCCCCCCCCCCCCCCCCC. The number of unbranched alkanes of at least 4 members (excludes halogenated alkanes) is 33. The fourth-order valence-corrected chi connectivity index (χ4v) is 7.02. The van der Waals surface area contributed by atoms with Crippen molar-refractivity contribution >= 4 is 11.9 Å². The first kappa shape index (κ1) is 50.6. The predicted octanol–water partition coefficient (Wildman–Crippen LogP) is 14.9. The summed E-state index contributed by atoms with van der Waals surface area (Å²) < 4.78 is 10.7. The Morgan fingerprint density at radius 3 is 1.04 bits per heavy atom. The van der Waals surface area contributed by atoms with Gasteiger partial charge in [-0.05, 0) is 38.5 Å². The van der Waals surface area contributed by atoms with E-state index in [0.29, 0.717) is 12.8 Å². The van der Waals surface area contributed by atoms with Gasteiger partial charge in [-0.25, -0.2) is 0 Å². The fourth-order valence-electron chi connectivity index (χ4n) is 7.02. The molecule has 0 heterocycles. The number of aliphatic hydroxyl groups excluding tert-OH is 1. The molecule has 0 spiro atoms. The lowest BCUT2D eigenvalue weighted by Gasteiger charge is -2.15. The molecular formula is C47H90O5. The summed E-state index contributed by atoms with van der Waals surface area (Å²) in [6.45, 7) is 4.17. The molecule has 5 heteroatoms. The Morgan fingerprint density at radius 1 is 0.423 bits per heavy atom. The molecule has 0 aliphatic heterocycles. The summed E-state index contributed by atoms with van der Waals surface area (Å²) in [5.41, 5.74) is 0. The molecule has 0 bridgehead atoms. The van der Waals surface area contributed by atoms with Crippen molar-refractivity contribution in [3.8, 4) is 0 Å². The largest absolute Gasteiger partial charge is 0.462 e. The van der Waals surface area contributed by atoms with Gasteiger partial charge in [0.2, 0.25) is 0 Å². The Balaban J connectivity index is 3.47. The van der Waals surface area contributed by atoms with Crippen molar-refractivity contribution in [3.05, 3.63) is 12.2 Å². The summed E-state index contributed by atoms with van der Waals surface area (Å²) in [5.74, 6) is -0.577. The average molecular weight is 735 g/mol. The summed E-state index contributed by atoms with van der Waals surface area (Å²) in [6, 6.07) is 0. The molecular weight excluding hydrogens is 645 g/mol. The zero-order chi connectivity index (χ0) is 37.8. The van der Waals surface area contributed by atoms with Crippen LogP contribution in [-0.4, -0.2) is 36.4 Å². The van der Waals surface area contributed by atoms with E-state index in [1.165, 1.54) is 199 Å². The second-order valence-corrected chi connectivity index (χ2v) is 15.8. The molecule has 0 fully saturated rings. The quantitative estimate of drug-likeness (QED) is 0.0383. The monoisotopic (exact) mass is 735 g/mol. The number of carbonyl (C=O) groups excluding carboxylic acids is 2. The lowest BCUT2D eigenvalue weighted by atomic mass is 10.0. The van der Waals surface area contributed by atoms with E-state index in [0.717, 1.165) is 32.1 Å². The van der Waals surface area contributed by atoms with E-state index >= 15 is 0 Å². The molecule has 0 amide bonds. The van der Waals surface area contributed by atoms with Crippen molar-refractivity contribution in [1.82, 2.24) is 0 Å². The van der Waals surface area contributed by atoms with E-state index in [1.807, 2.05) is 0 Å². The standard InChI is InChI=1S/C47H90O5/c1-3-5-7-9-11-13-15-17-19-21-23-25-27-29-31-33-35-37-39-41-46(49)51-44-45(43-48)52-47(50)42-40-38-36-34-32-30-28-26-24-22-20-18-16-14-12-10-8-6-4-2/h18,20,45,48H,3-17,19,21-44H2,1-2H3. The average Bonchev–Trinajstić information content (AvgIpc) is 3.15. The van der Waals surface area contributed by atoms with Crippen LogP contribution in [0.15, 0.2) is 12.2 Å². The topological polar surface area (TPSA) is 72.8 Å². The number of allylic oxidation sites excluding steroid dienone is 2. The molecule has 5 nitrogen and oxygen atoms in total. The van der Waals surface area contributed by atoms with Crippen molar-refractivity contribution in [3.63, 3.8) is 0 Å². The van der Waals surface area contributed by atoms with Gasteiger partial charge in [0.1, 0.15) is 6.61 Å². The normalized spacial score (nSPS) is 12.1. The van der Waals surface area contributed by atoms with Gasteiger partial charge in [-0.2, -0.15) is 0 Å². The number of esters is 2. The molecule has 0 saturated heterocycles. The summed E-state index contributed by atoms with van der Waals surface area (Å²) >= 11 is 0. The van der Waals surface area contributed by atoms with Gasteiger partial charge in [0.25, 0.3) is 0 Å². The third-order valence-electron chi connectivity index (χ3n) is 10.6. The van der Waals surface area contributed by atoms with Gasteiger partial charge in [-0.3, -0.25) is 9.59 Å². The fraction of sp³-hybridized carbons (Fsp3) is 0.915. The first-order chi connectivity index (χ1) is 25.6. The summed E-state index contributed by atoms with van der Waals surface area (Å²) in [6.07, 6.45) is 51.5. The minimum Gasteiger partial charge on any atom is -0.462 e. The van der Waals surface area contributed by atoms with E-state index < -0.39 is 6.10 Å². The van der Waals surface area contributed by atoms with Gasteiger partial charge in [0, 0.05) is 12.8 Å². The highest BCUT2D eigenvalue weighted by molar-refractivity contribution is 5.70. The molecule has 0 aromatic carbocycles. The van der Waals surface area contributed by atoms with Crippen LogP contribution in [0, 0.1) is 0 Å². The molecule has 308 valence electrons. The maximum absolute atomic E-state index is 12.2. The zero-order valence-corrected chi connectivity index (χ0v) is 35.1. The minimum atomic E-state index is -0.766. The third kappa shape index (κ3) is 41.4. The summed E-state index contributed by atoms with van der Waals surface area (Å²) in [7, 11) is 0. The Labute approximate surface area is 324 Å². The number of aliphatic hydroxyl groups is 1. The van der Waals surface area contributed by atoms with Gasteiger partial charge in [0.05, 0.1) is 6.61 Å². The molecule has 1 atom stereocenters. The Kier molecular flexibility index (Phi) is 42.9. The first-order valence-electron chi connectivity index (χ1n) is 23.2. The van der Waals surface area contributed by atoms with Gasteiger partial charge in [0.15, 0.2) is 6.10 Å². The van der Waals surface area contributed by atoms with Gasteiger partial charge < -0.3 is 14.6 Å². The zero-order valence-electron chi connectivity index (χ0n) is 35.1. The maximum atomic E-state index is 12.2. The molecule has 0 aliphatic rings. The minimum absolute atomic E-state index is 0.0598. The summed E-state index contributed by atoms with van der Waals surface area (Å²) in [5, 5.41) is 9.60. The van der Waals surface area contributed by atoms with E-state index in [2.05, 4.69) is 26.0 Å². The van der Waals surface area contributed by atoms with Crippen LogP contribution in [0.2, 0.25) is 0 Å². The Morgan fingerprint density at radius 2 is 0.712 bits per heavy atom. The molecule has 1 N–H and O–H groups in total. The number of rotatable bonds is 43. The third-order valence-corrected chi connectivity index (χ3v) is 10.6. The smallest absolute Gasteiger partial charge is 0.306 e. The van der Waals surface area contributed by atoms with E-state index in [-0.39, 0.29) is 25.2 Å². The first-order valence-corrected chi connectivity index (χ1v) is 23.2. The molecule has 0 rings (SSSR count). The van der Waals surface area contributed by atoms with Crippen LogP contribution < -0.4 is 0 Å². The van der Waals surface area contributed by atoms with Crippen LogP contribution in [0.4, 0.5) is 0 Å².